The third kappa shape index (κ3) is 4.14. The van der Waals surface area contributed by atoms with Crippen molar-refractivity contribution in [3.63, 3.8) is 0 Å². The Balaban J connectivity index is 1.45. The highest BCUT2D eigenvalue weighted by molar-refractivity contribution is 5.92. The average Bonchev–Trinajstić information content (AvgIpc) is 3.17. The highest BCUT2D eigenvalue weighted by atomic mass is 19.4. The third-order valence-electron chi connectivity index (χ3n) is 4.49. The van der Waals surface area contributed by atoms with Crippen molar-refractivity contribution in [2.75, 3.05) is 5.32 Å². The summed E-state index contributed by atoms with van der Waals surface area (Å²) in [5.74, 6) is -1.90. The number of benzene rings is 2. The fourth-order valence-electron chi connectivity index (χ4n) is 3.02. The SMILES string of the molecule is O=C(Cc1ccc(-c2ccn3ncnc3c2)cc1)Nc1ccc(F)c(C(F)(F)F)c1. The van der Waals surface area contributed by atoms with Crippen LogP contribution >= 0.6 is 0 Å². The summed E-state index contributed by atoms with van der Waals surface area (Å²) in [4.78, 5) is 16.3. The molecule has 2 heterocycles. The molecule has 0 bridgehead atoms. The van der Waals surface area contributed by atoms with E-state index in [1.54, 1.807) is 22.8 Å². The van der Waals surface area contributed by atoms with Gasteiger partial charge in [0.1, 0.15) is 12.1 Å². The Bertz CT molecular complexity index is 1220. The summed E-state index contributed by atoms with van der Waals surface area (Å²) < 4.78 is 53.4. The van der Waals surface area contributed by atoms with Crippen LogP contribution in [-0.2, 0) is 17.4 Å². The number of halogens is 4. The number of nitrogens with one attached hydrogen (secondary N) is 1. The number of anilines is 1. The van der Waals surface area contributed by atoms with E-state index in [-0.39, 0.29) is 12.1 Å². The lowest BCUT2D eigenvalue weighted by atomic mass is 10.0. The summed E-state index contributed by atoms with van der Waals surface area (Å²) in [6, 6.07) is 13.3. The first kappa shape index (κ1) is 19.6. The van der Waals surface area contributed by atoms with E-state index in [4.69, 9.17) is 0 Å². The number of rotatable bonds is 4. The number of hydrogen-bond acceptors (Lipinski definition) is 3. The van der Waals surface area contributed by atoms with Gasteiger partial charge in [-0.15, -0.1) is 0 Å². The van der Waals surface area contributed by atoms with Gasteiger partial charge in [0, 0.05) is 11.9 Å². The minimum Gasteiger partial charge on any atom is -0.326 e. The first-order chi connectivity index (χ1) is 14.3. The number of fused-ring (bicyclic) bond motifs is 1. The van der Waals surface area contributed by atoms with Crippen molar-refractivity contribution in [3.8, 4) is 11.1 Å². The Morgan fingerprint density at radius 3 is 2.50 bits per heavy atom. The monoisotopic (exact) mass is 414 g/mol. The molecular weight excluding hydrogens is 400 g/mol. The first-order valence-electron chi connectivity index (χ1n) is 8.85. The minimum absolute atomic E-state index is 0.0395. The lowest BCUT2D eigenvalue weighted by molar-refractivity contribution is -0.140. The number of nitrogens with zero attached hydrogens (tertiary/aromatic N) is 3. The Hall–Kier alpha value is -3.75. The van der Waals surface area contributed by atoms with Gasteiger partial charge in [-0.05, 0) is 47.0 Å². The second-order valence-electron chi connectivity index (χ2n) is 6.59. The molecule has 0 atom stereocenters. The zero-order valence-corrected chi connectivity index (χ0v) is 15.3. The van der Waals surface area contributed by atoms with Crippen molar-refractivity contribution in [2.24, 2.45) is 0 Å². The van der Waals surface area contributed by atoms with E-state index < -0.39 is 23.5 Å². The predicted octanol–water partition coefficient (Wildman–Crippen LogP) is 4.74. The number of carbonyl (C=O) groups is 1. The molecule has 4 aromatic rings. The number of aromatic nitrogens is 3. The molecule has 0 fully saturated rings. The second-order valence-corrected chi connectivity index (χ2v) is 6.59. The van der Waals surface area contributed by atoms with Crippen LogP contribution in [-0.4, -0.2) is 20.5 Å². The number of pyridine rings is 1. The van der Waals surface area contributed by atoms with E-state index in [1.165, 1.54) is 6.33 Å². The molecule has 5 nitrogen and oxygen atoms in total. The molecule has 0 aliphatic heterocycles. The van der Waals surface area contributed by atoms with Crippen molar-refractivity contribution < 1.29 is 22.4 Å². The van der Waals surface area contributed by atoms with Gasteiger partial charge in [0.2, 0.25) is 5.91 Å². The number of carbonyl (C=O) groups excluding carboxylic acids is 1. The van der Waals surface area contributed by atoms with E-state index in [2.05, 4.69) is 15.4 Å². The lowest BCUT2D eigenvalue weighted by Gasteiger charge is -2.11. The third-order valence-corrected chi connectivity index (χ3v) is 4.49. The van der Waals surface area contributed by atoms with Gasteiger partial charge in [-0.1, -0.05) is 24.3 Å². The second kappa shape index (κ2) is 7.58. The molecule has 0 spiro atoms. The summed E-state index contributed by atoms with van der Waals surface area (Å²) in [6.07, 6.45) is -1.63. The van der Waals surface area contributed by atoms with Crippen LogP contribution in [0, 0.1) is 5.82 Å². The highest BCUT2D eigenvalue weighted by Crippen LogP contribution is 2.33. The van der Waals surface area contributed by atoms with Gasteiger partial charge in [-0.25, -0.2) is 13.9 Å². The van der Waals surface area contributed by atoms with Crippen molar-refractivity contribution in [1.29, 1.82) is 0 Å². The van der Waals surface area contributed by atoms with Gasteiger partial charge in [0.15, 0.2) is 5.65 Å². The van der Waals surface area contributed by atoms with Crippen molar-refractivity contribution in [1.82, 2.24) is 14.6 Å². The van der Waals surface area contributed by atoms with E-state index >= 15 is 0 Å². The zero-order chi connectivity index (χ0) is 21.3. The molecular formula is C21H14F4N4O. The van der Waals surface area contributed by atoms with Gasteiger partial charge in [0.25, 0.3) is 0 Å². The molecule has 0 saturated carbocycles. The van der Waals surface area contributed by atoms with Crippen LogP contribution < -0.4 is 5.32 Å². The number of hydrogen-bond donors (Lipinski definition) is 1. The quantitative estimate of drug-likeness (QED) is 0.491. The molecule has 0 aliphatic rings. The van der Waals surface area contributed by atoms with Gasteiger partial charge in [0.05, 0.1) is 12.0 Å². The Kier molecular flexibility index (Phi) is 4.94. The summed E-state index contributed by atoms with van der Waals surface area (Å²) in [7, 11) is 0. The van der Waals surface area contributed by atoms with Crippen molar-refractivity contribution >= 4 is 17.2 Å². The topological polar surface area (TPSA) is 59.3 Å². The van der Waals surface area contributed by atoms with Gasteiger partial charge < -0.3 is 5.32 Å². The maximum atomic E-state index is 13.4. The molecule has 0 saturated heterocycles. The fraction of sp³-hybridized carbons (Fsp3) is 0.0952. The standard InChI is InChI=1S/C21H14F4N4O/c22-18-6-5-16(11-17(18)21(23,24)25)28-20(30)9-13-1-3-14(4-2-13)15-7-8-29-19(10-15)26-12-27-29/h1-8,10-12H,9H2,(H,28,30). The van der Waals surface area contributed by atoms with Gasteiger partial charge in [-0.3, -0.25) is 4.79 Å². The molecule has 1 N–H and O–H groups in total. The van der Waals surface area contributed by atoms with Gasteiger partial charge >= 0.3 is 6.18 Å². The molecule has 9 heteroatoms. The van der Waals surface area contributed by atoms with Crippen molar-refractivity contribution in [2.45, 2.75) is 12.6 Å². The van der Waals surface area contributed by atoms with Crippen LogP contribution in [0.1, 0.15) is 11.1 Å². The maximum Gasteiger partial charge on any atom is 0.419 e. The van der Waals surface area contributed by atoms with Crippen LogP contribution in [0.15, 0.2) is 67.1 Å². The largest absolute Gasteiger partial charge is 0.419 e. The molecule has 4 rings (SSSR count). The lowest BCUT2D eigenvalue weighted by Crippen LogP contribution is -2.16. The normalized spacial score (nSPS) is 11.6. The molecule has 2 aromatic heterocycles. The molecule has 0 aliphatic carbocycles. The summed E-state index contributed by atoms with van der Waals surface area (Å²) in [5.41, 5.74) is 1.68. The first-order valence-corrected chi connectivity index (χ1v) is 8.85. The van der Waals surface area contributed by atoms with Crippen LogP contribution in [0.5, 0.6) is 0 Å². The zero-order valence-electron chi connectivity index (χ0n) is 15.3. The smallest absolute Gasteiger partial charge is 0.326 e. The van der Waals surface area contributed by atoms with Crippen LogP contribution in [0.25, 0.3) is 16.8 Å². The highest BCUT2D eigenvalue weighted by Gasteiger charge is 2.34. The van der Waals surface area contributed by atoms with Crippen LogP contribution in [0.3, 0.4) is 0 Å². The molecule has 1 amide bonds. The average molecular weight is 414 g/mol. The molecule has 0 radical (unpaired) electrons. The van der Waals surface area contributed by atoms with Crippen molar-refractivity contribution in [3.05, 3.63) is 84.1 Å². The summed E-state index contributed by atoms with van der Waals surface area (Å²) in [5, 5.41) is 6.41. The Morgan fingerprint density at radius 1 is 1.00 bits per heavy atom. The number of amides is 1. The molecule has 0 unspecified atom stereocenters. The molecule has 30 heavy (non-hydrogen) atoms. The van der Waals surface area contributed by atoms with Gasteiger partial charge in [-0.2, -0.15) is 18.3 Å². The summed E-state index contributed by atoms with van der Waals surface area (Å²) >= 11 is 0. The van der Waals surface area contributed by atoms with E-state index in [9.17, 15) is 22.4 Å². The van der Waals surface area contributed by atoms with E-state index in [0.717, 1.165) is 17.2 Å². The minimum atomic E-state index is -4.84. The molecule has 2 aromatic carbocycles. The fourth-order valence-corrected chi connectivity index (χ4v) is 3.02. The van der Waals surface area contributed by atoms with E-state index in [0.29, 0.717) is 23.3 Å². The number of alkyl halides is 3. The van der Waals surface area contributed by atoms with E-state index in [1.807, 2.05) is 24.3 Å². The Labute approximate surface area is 168 Å². The predicted molar refractivity (Wildman–Crippen MR) is 102 cm³/mol. The summed E-state index contributed by atoms with van der Waals surface area (Å²) in [6.45, 7) is 0. The van der Waals surface area contributed by atoms with Crippen LogP contribution in [0.2, 0.25) is 0 Å². The van der Waals surface area contributed by atoms with Crippen LogP contribution in [0.4, 0.5) is 23.2 Å². The Morgan fingerprint density at radius 2 is 1.77 bits per heavy atom. The maximum absolute atomic E-state index is 13.4. The molecule has 152 valence electrons.